The van der Waals surface area contributed by atoms with E-state index in [0.29, 0.717) is 5.92 Å². The number of ether oxygens (including phenoxy) is 1. The van der Waals surface area contributed by atoms with Crippen LogP contribution in [0.2, 0.25) is 0 Å². The predicted octanol–water partition coefficient (Wildman–Crippen LogP) is 2.54. The van der Waals surface area contributed by atoms with Gasteiger partial charge in [-0.05, 0) is 37.8 Å². The number of methoxy groups -OCH3 is 1. The molecule has 1 saturated heterocycles. The van der Waals surface area contributed by atoms with Crippen LogP contribution in [0.5, 0.6) is 0 Å². The lowest BCUT2D eigenvalue weighted by Gasteiger charge is -2.33. The third-order valence-electron chi connectivity index (χ3n) is 3.88. The lowest BCUT2D eigenvalue weighted by molar-refractivity contribution is 0.0571. The molecule has 0 radical (unpaired) electrons. The Bertz CT molecular complexity index is 472. The van der Waals surface area contributed by atoms with Crippen LogP contribution >= 0.6 is 0 Å². The van der Waals surface area contributed by atoms with Gasteiger partial charge in [-0.3, -0.25) is 4.79 Å². The maximum absolute atomic E-state index is 12.7. The van der Waals surface area contributed by atoms with Gasteiger partial charge in [0, 0.05) is 32.9 Å². The number of hydrogen-bond acceptors (Lipinski definition) is 3. The van der Waals surface area contributed by atoms with Crippen LogP contribution in [0.1, 0.15) is 28.8 Å². The van der Waals surface area contributed by atoms with Crippen LogP contribution in [0.3, 0.4) is 0 Å². The van der Waals surface area contributed by atoms with E-state index in [4.69, 9.17) is 4.74 Å². The molecule has 1 fully saturated rings. The molecule has 0 spiro atoms. The van der Waals surface area contributed by atoms with Gasteiger partial charge in [-0.25, -0.2) is 0 Å². The lowest BCUT2D eigenvalue weighted by atomic mass is 9.97. The molecule has 20 heavy (non-hydrogen) atoms. The first kappa shape index (κ1) is 14.9. The van der Waals surface area contributed by atoms with Crippen LogP contribution in [0.25, 0.3) is 0 Å². The molecule has 0 saturated carbocycles. The number of likely N-dealkylation sites (tertiary alicyclic amines) is 1. The van der Waals surface area contributed by atoms with Crippen molar-refractivity contribution in [3.63, 3.8) is 0 Å². The standard InChI is InChI=1S/C16H24N2O2/c1-12-6-7-15(17-2)14(9-12)16(19)18-8-4-5-13(10-18)11-20-3/h6-7,9,13,17H,4-5,8,10-11H2,1-3H3. The summed E-state index contributed by atoms with van der Waals surface area (Å²) < 4.78 is 5.23. The van der Waals surface area contributed by atoms with E-state index < -0.39 is 0 Å². The number of rotatable bonds is 4. The number of amides is 1. The molecule has 1 N–H and O–H groups in total. The van der Waals surface area contributed by atoms with Crippen LogP contribution in [0.15, 0.2) is 18.2 Å². The second-order valence-corrected chi connectivity index (χ2v) is 5.51. The Hall–Kier alpha value is -1.55. The van der Waals surface area contributed by atoms with E-state index in [1.807, 2.05) is 37.1 Å². The molecule has 1 aromatic rings. The molecule has 110 valence electrons. The van der Waals surface area contributed by atoms with Gasteiger partial charge in [0.05, 0.1) is 12.2 Å². The van der Waals surface area contributed by atoms with Gasteiger partial charge in [-0.15, -0.1) is 0 Å². The number of carbonyl (C=O) groups excluding carboxylic acids is 1. The van der Waals surface area contributed by atoms with Crippen molar-refractivity contribution in [2.45, 2.75) is 19.8 Å². The van der Waals surface area contributed by atoms with Crippen LogP contribution in [0.4, 0.5) is 5.69 Å². The maximum atomic E-state index is 12.7. The molecule has 1 aromatic carbocycles. The number of hydrogen-bond donors (Lipinski definition) is 1. The first-order valence-corrected chi connectivity index (χ1v) is 7.22. The van der Waals surface area contributed by atoms with Gasteiger partial charge in [-0.1, -0.05) is 11.6 Å². The smallest absolute Gasteiger partial charge is 0.255 e. The van der Waals surface area contributed by atoms with E-state index in [1.165, 1.54) is 0 Å². The van der Waals surface area contributed by atoms with Crippen molar-refractivity contribution in [1.29, 1.82) is 0 Å². The minimum Gasteiger partial charge on any atom is -0.387 e. The molecule has 2 rings (SSSR count). The van der Waals surface area contributed by atoms with Crippen LogP contribution < -0.4 is 5.32 Å². The summed E-state index contributed by atoms with van der Waals surface area (Å²) in [5.41, 5.74) is 2.78. The van der Waals surface area contributed by atoms with Crippen LogP contribution in [0, 0.1) is 12.8 Å². The van der Waals surface area contributed by atoms with E-state index >= 15 is 0 Å². The van der Waals surface area contributed by atoms with Gasteiger partial charge >= 0.3 is 0 Å². The van der Waals surface area contributed by atoms with Gasteiger partial charge in [0.1, 0.15) is 0 Å². The third-order valence-corrected chi connectivity index (χ3v) is 3.88. The van der Waals surface area contributed by atoms with Gasteiger partial charge in [0.15, 0.2) is 0 Å². The molecule has 0 aliphatic carbocycles. The first-order chi connectivity index (χ1) is 9.65. The van der Waals surface area contributed by atoms with E-state index in [-0.39, 0.29) is 5.91 Å². The normalized spacial score (nSPS) is 18.9. The predicted molar refractivity (Wildman–Crippen MR) is 81.2 cm³/mol. The van der Waals surface area contributed by atoms with E-state index in [2.05, 4.69) is 5.32 Å². The number of nitrogens with one attached hydrogen (secondary N) is 1. The Morgan fingerprint density at radius 1 is 1.50 bits per heavy atom. The molecule has 1 aliphatic rings. The summed E-state index contributed by atoms with van der Waals surface area (Å²) in [5.74, 6) is 0.583. The summed E-state index contributed by atoms with van der Waals surface area (Å²) in [6, 6.07) is 5.96. The maximum Gasteiger partial charge on any atom is 0.255 e. The minimum atomic E-state index is 0.124. The second-order valence-electron chi connectivity index (χ2n) is 5.51. The number of aryl methyl sites for hydroxylation is 1. The highest BCUT2D eigenvalue weighted by Gasteiger charge is 2.25. The molecule has 1 aliphatic heterocycles. The Labute approximate surface area is 121 Å². The topological polar surface area (TPSA) is 41.6 Å². The lowest BCUT2D eigenvalue weighted by Crippen LogP contribution is -2.41. The molecule has 1 amide bonds. The van der Waals surface area contributed by atoms with Crippen molar-refractivity contribution in [2.24, 2.45) is 5.92 Å². The van der Waals surface area contributed by atoms with Crippen molar-refractivity contribution >= 4 is 11.6 Å². The fourth-order valence-electron chi connectivity index (χ4n) is 2.84. The molecule has 1 atom stereocenters. The second kappa shape index (κ2) is 6.75. The third kappa shape index (κ3) is 3.31. The number of benzene rings is 1. The molecule has 1 unspecified atom stereocenters. The summed E-state index contributed by atoms with van der Waals surface area (Å²) in [4.78, 5) is 14.7. The van der Waals surface area contributed by atoms with Crippen LogP contribution in [-0.2, 0) is 4.74 Å². The van der Waals surface area contributed by atoms with Gasteiger partial charge < -0.3 is 15.0 Å². The van der Waals surface area contributed by atoms with E-state index in [9.17, 15) is 4.79 Å². The molecule has 1 heterocycles. The average Bonchev–Trinajstić information content (AvgIpc) is 2.47. The number of piperidine rings is 1. The summed E-state index contributed by atoms with van der Waals surface area (Å²) in [6.45, 7) is 4.39. The summed E-state index contributed by atoms with van der Waals surface area (Å²) in [5, 5.41) is 3.11. The van der Waals surface area contributed by atoms with E-state index in [0.717, 1.165) is 49.4 Å². The number of carbonyl (C=O) groups is 1. The largest absolute Gasteiger partial charge is 0.387 e. The monoisotopic (exact) mass is 276 g/mol. The number of anilines is 1. The van der Waals surface area contributed by atoms with Crippen molar-refractivity contribution in [1.82, 2.24) is 4.90 Å². The van der Waals surface area contributed by atoms with E-state index in [1.54, 1.807) is 7.11 Å². The highest BCUT2D eigenvalue weighted by molar-refractivity contribution is 5.99. The zero-order valence-corrected chi connectivity index (χ0v) is 12.6. The molecule has 0 bridgehead atoms. The minimum absolute atomic E-state index is 0.124. The Morgan fingerprint density at radius 3 is 3.00 bits per heavy atom. The quantitative estimate of drug-likeness (QED) is 0.919. The molecule has 4 nitrogen and oxygen atoms in total. The molecule has 0 aromatic heterocycles. The van der Waals surface area contributed by atoms with Crippen molar-refractivity contribution in [2.75, 3.05) is 39.2 Å². The fourth-order valence-corrected chi connectivity index (χ4v) is 2.84. The van der Waals surface area contributed by atoms with Crippen molar-refractivity contribution < 1.29 is 9.53 Å². The Kier molecular flexibility index (Phi) is 5.01. The SMILES string of the molecule is CNc1ccc(C)cc1C(=O)N1CCCC(COC)C1. The van der Waals surface area contributed by atoms with Gasteiger partial charge in [-0.2, -0.15) is 0 Å². The summed E-state index contributed by atoms with van der Waals surface area (Å²) >= 11 is 0. The van der Waals surface area contributed by atoms with Crippen LogP contribution in [-0.4, -0.2) is 44.7 Å². The highest BCUT2D eigenvalue weighted by Crippen LogP contribution is 2.23. The molecular weight excluding hydrogens is 252 g/mol. The first-order valence-electron chi connectivity index (χ1n) is 7.22. The van der Waals surface area contributed by atoms with Gasteiger partial charge in [0.25, 0.3) is 5.91 Å². The zero-order chi connectivity index (χ0) is 14.5. The molecular formula is C16H24N2O2. The Balaban J connectivity index is 2.16. The zero-order valence-electron chi connectivity index (χ0n) is 12.6. The number of nitrogens with zero attached hydrogens (tertiary/aromatic N) is 1. The van der Waals surface area contributed by atoms with Gasteiger partial charge in [0.2, 0.25) is 0 Å². The van der Waals surface area contributed by atoms with Crippen molar-refractivity contribution in [3.05, 3.63) is 29.3 Å². The summed E-state index contributed by atoms with van der Waals surface area (Å²) in [6.07, 6.45) is 2.20. The molecule has 4 heteroatoms. The highest BCUT2D eigenvalue weighted by atomic mass is 16.5. The van der Waals surface area contributed by atoms with Crippen molar-refractivity contribution in [3.8, 4) is 0 Å². The fraction of sp³-hybridized carbons (Fsp3) is 0.562. The average molecular weight is 276 g/mol. The Morgan fingerprint density at radius 2 is 2.30 bits per heavy atom. The summed E-state index contributed by atoms with van der Waals surface area (Å²) in [7, 11) is 3.58.